The summed E-state index contributed by atoms with van der Waals surface area (Å²) in [6.45, 7) is 10.9. The molecule has 0 aliphatic rings. The van der Waals surface area contributed by atoms with E-state index < -0.39 is 25.0 Å². The van der Waals surface area contributed by atoms with Gasteiger partial charge in [-0.05, 0) is 64.4 Å². The number of non-ortho nitro benzene ring substituents is 1. The van der Waals surface area contributed by atoms with Crippen LogP contribution in [0.15, 0.2) is 24.3 Å². The van der Waals surface area contributed by atoms with Crippen molar-refractivity contribution in [2.45, 2.75) is 72.4 Å². The number of hydrazine groups is 1. The number of carbonyl (C=O) groups is 1. The predicted octanol–water partition coefficient (Wildman–Crippen LogP) is 3.59. The Morgan fingerprint density at radius 3 is 1.86 bits per heavy atom. The van der Waals surface area contributed by atoms with Crippen LogP contribution in [0, 0.1) is 10.1 Å². The van der Waals surface area contributed by atoms with Crippen LogP contribution in [0.25, 0.3) is 0 Å². The summed E-state index contributed by atoms with van der Waals surface area (Å²) in [6, 6.07) is 5.36. The molecule has 3 N–H and O–H groups in total. The number of benzene rings is 1. The Balaban J connectivity index is 2.78. The monoisotopic (exact) mass is 432 g/mol. The van der Waals surface area contributed by atoms with Gasteiger partial charge in [0.1, 0.15) is 18.3 Å². The Kier molecular flexibility index (Phi) is 10.0. The van der Waals surface area contributed by atoms with Gasteiger partial charge in [-0.3, -0.25) is 20.3 Å². The van der Waals surface area contributed by atoms with Crippen LogP contribution in [-0.2, 0) is 18.4 Å². The molecule has 0 spiro atoms. The summed E-state index contributed by atoms with van der Waals surface area (Å²) in [5, 5.41) is 23.7. The molecule has 1 unspecified atom stereocenters. The van der Waals surface area contributed by atoms with Crippen molar-refractivity contribution in [2.24, 2.45) is 0 Å². The average molecular weight is 432 g/mol. The highest BCUT2D eigenvalue weighted by Gasteiger charge is 2.50. The van der Waals surface area contributed by atoms with Gasteiger partial charge in [0.15, 0.2) is 0 Å². The topological polar surface area (TPSA) is 132 Å². The number of nitro benzene ring substituents is 1. The third-order valence-electron chi connectivity index (χ3n) is 3.25. The van der Waals surface area contributed by atoms with Gasteiger partial charge in [-0.1, -0.05) is 0 Å². The highest BCUT2D eigenvalue weighted by atomic mass is 31.2. The van der Waals surface area contributed by atoms with E-state index in [-0.39, 0.29) is 30.4 Å². The number of nitro groups is 1. The number of amides is 1. The van der Waals surface area contributed by atoms with Crippen LogP contribution in [0.4, 0.5) is 5.69 Å². The fourth-order valence-electron chi connectivity index (χ4n) is 2.28. The molecule has 11 heteroatoms. The van der Waals surface area contributed by atoms with Gasteiger partial charge in [0.05, 0.1) is 17.4 Å². The minimum absolute atomic E-state index is 0.0934. The SMILES string of the molecule is CC(C)O[P+](NNC(=O)CC(O)c1ccc([N+](=O)[O-])cc1)(OC(C)C)OC(C)C. The zero-order valence-corrected chi connectivity index (χ0v) is 18.5. The van der Waals surface area contributed by atoms with E-state index in [1.54, 1.807) is 0 Å². The molecule has 1 atom stereocenters. The number of hydrogen-bond acceptors (Lipinski definition) is 8. The van der Waals surface area contributed by atoms with E-state index >= 15 is 0 Å². The molecule has 0 aliphatic heterocycles. The standard InChI is InChI=1S/C18H30N3O7P/c1-12(2)26-29(27-13(3)4,28-14(5)6)20-19-18(23)11-17(22)15-7-9-16(10-8-15)21(24)25/h7-10,12-14,17,20,22H,11H2,1-6H3/p+1. The molecule has 0 bridgehead atoms. The van der Waals surface area contributed by atoms with Crippen molar-refractivity contribution < 1.29 is 28.4 Å². The molecule has 0 fully saturated rings. The summed E-state index contributed by atoms with van der Waals surface area (Å²) in [6.07, 6.45) is -2.08. The van der Waals surface area contributed by atoms with Gasteiger partial charge in [0.25, 0.3) is 5.69 Å². The van der Waals surface area contributed by atoms with Crippen LogP contribution < -0.4 is 10.6 Å². The largest absolute Gasteiger partial charge is 0.521 e. The van der Waals surface area contributed by atoms with Crippen LogP contribution in [-0.4, -0.2) is 34.2 Å². The number of nitrogens with zero attached hydrogens (tertiary/aromatic N) is 1. The molecule has 1 aromatic carbocycles. The second kappa shape index (κ2) is 11.5. The Labute approximate surface area is 171 Å². The lowest BCUT2D eigenvalue weighted by Gasteiger charge is -2.26. The van der Waals surface area contributed by atoms with Crippen molar-refractivity contribution in [2.75, 3.05) is 0 Å². The quantitative estimate of drug-likeness (QED) is 0.259. The third kappa shape index (κ3) is 9.12. The van der Waals surface area contributed by atoms with Crippen molar-refractivity contribution in [1.82, 2.24) is 10.6 Å². The van der Waals surface area contributed by atoms with Crippen LogP contribution in [0.3, 0.4) is 0 Å². The van der Waals surface area contributed by atoms with E-state index in [1.807, 2.05) is 41.5 Å². The maximum absolute atomic E-state index is 12.3. The molecule has 0 heterocycles. The van der Waals surface area contributed by atoms with Crippen LogP contribution >= 0.6 is 8.09 Å². The van der Waals surface area contributed by atoms with E-state index in [9.17, 15) is 20.0 Å². The van der Waals surface area contributed by atoms with E-state index in [0.717, 1.165) is 0 Å². The van der Waals surface area contributed by atoms with Crippen LogP contribution in [0.2, 0.25) is 0 Å². The first kappa shape index (κ1) is 25.4. The van der Waals surface area contributed by atoms with Gasteiger partial charge in [0.2, 0.25) is 5.91 Å². The Bertz CT molecular complexity index is 641. The molecule has 10 nitrogen and oxygen atoms in total. The van der Waals surface area contributed by atoms with Crippen molar-refractivity contribution >= 4 is 19.7 Å². The smallest absolute Gasteiger partial charge is 0.388 e. The Morgan fingerprint density at radius 1 is 1.03 bits per heavy atom. The zero-order valence-electron chi connectivity index (χ0n) is 17.6. The van der Waals surface area contributed by atoms with E-state index in [4.69, 9.17) is 13.6 Å². The lowest BCUT2D eigenvalue weighted by molar-refractivity contribution is -0.384. The maximum Gasteiger partial charge on any atom is 0.521 e. The van der Waals surface area contributed by atoms with Gasteiger partial charge in [0, 0.05) is 12.1 Å². The first-order chi connectivity index (χ1) is 13.4. The summed E-state index contributed by atoms with van der Waals surface area (Å²) >= 11 is 0. The Morgan fingerprint density at radius 2 is 1.48 bits per heavy atom. The normalized spacial score (nSPS) is 13.2. The van der Waals surface area contributed by atoms with Crippen molar-refractivity contribution in [1.29, 1.82) is 0 Å². The number of aliphatic hydroxyl groups is 1. The van der Waals surface area contributed by atoms with Crippen LogP contribution in [0.1, 0.15) is 59.6 Å². The summed E-state index contributed by atoms with van der Waals surface area (Å²) in [7, 11) is -3.09. The summed E-state index contributed by atoms with van der Waals surface area (Å²) in [4.78, 5) is 22.5. The van der Waals surface area contributed by atoms with Gasteiger partial charge < -0.3 is 5.11 Å². The second-order valence-electron chi connectivity index (χ2n) is 7.19. The summed E-state index contributed by atoms with van der Waals surface area (Å²) < 4.78 is 17.5. The highest BCUT2D eigenvalue weighted by molar-refractivity contribution is 7.59. The second-order valence-corrected chi connectivity index (χ2v) is 9.04. The molecule has 0 aromatic heterocycles. The first-order valence-electron chi connectivity index (χ1n) is 9.37. The van der Waals surface area contributed by atoms with Crippen molar-refractivity contribution in [3.05, 3.63) is 39.9 Å². The van der Waals surface area contributed by atoms with E-state index in [2.05, 4.69) is 10.6 Å². The molecule has 0 saturated carbocycles. The maximum atomic E-state index is 12.3. The zero-order chi connectivity index (χ0) is 22.2. The number of rotatable bonds is 12. The van der Waals surface area contributed by atoms with E-state index in [1.165, 1.54) is 24.3 Å². The number of nitrogens with one attached hydrogen (secondary N) is 2. The molecule has 29 heavy (non-hydrogen) atoms. The lowest BCUT2D eigenvalue weighted by Crippen LogP contribution is -2.41. The fourth-order valence-corrected chi connectivity index (χ4v) is 4.51. The molecule has 164 valence electrons. The molecule has 1 rings (SSSR count). The third-order valence-corrected chi connectivity index (χ3v) is 5.73. The minimum atomic E-state index is -3.09. The molecule has 0 aliphatic carbocycles. The molecule has 0 radical (unpaired) electrons. The number of hydrogen-bond donors (Lipinski definition) is 3. The molecule has 1 aromatic rings. The molecule has 1 amide bonds. The molecular formula is C18H31N3O7P+. The molecule has 0 saturated heterocycles. The van der Waals surface area contributed by atoms with Gasteiger partial charge in [-0.2, -0.15) is 13.6 Å². The summed E-state index contributed by atoms with van der Waals surface area (Å²) in [5.41, 5.74) is 2.78. The van der Waals surface area contributed by atoms with Crippen molar-refractivity contribution in [3.8, 4) is 0 Å². The van der Waals surface area contributed by atoms with Gasteiger partial charge >= 0.3 is 8.09 Å². The minimum Gasteiger partial charge on any atom is -0.388 e. The van der Waals surface area contributed by atoms with Gasteiger partial charge in [-0.15, -0.1) is 0 Å². The number of aliphatic hydroxyl groups excluding tert-OH is 1. The predicted molar refractivity (Wildman–Crippen MR) is 110 cm³/mol. The highest BCUT2D eigenvalue weighted by Crippen LogP contribution is 2.60. The Hall–Kier alpha value is -1.68. The fraction of sp³-hybridized carbons (Fsp3) is 0.611. The van der Waals surface area contributed by atoms with Crippen molar-refractivity contribution in [3.63, 3.8) is 0 Å². The first-order valence-corrected chi connectivity index (χ1v) is 10.9. The summed E-state index contributed by atoms with van der Waals surface area (Å²) in [5.74, 6) is -0.521. The van der Waals surface area contributed by atoms with Crippen LogP contribution in [0.5, 0.6) is 0 Å². The molecular weight excluding hydrogens is 401 g/mol. The van der Waals surface area contributed by atoms with E-state index in [0.29, 0.717) is 5.56 Å². The number of carbonyl (C=O) groups excluding carboxylic acids is 1. The van der Waals surface area contributed by atoms with Gasteiger partial charge in [-0.25, -0.2) is 0 Å². The lowest BCUT2D eigenvalue weighted by atomic mass is 10.1. The average Bonchev–Trinajstić information content (AvgIpc) is 2.58.